The highest BCUT2D eigenvalue weighted by molar-refractivity contribution is 5.81. The van der Waals surface area contributed by atoms with Gasteiger partial charge in [-0.15, -0.1) is 5.43 Å². The van der Waals surface area contributed by atoms with Gasteiger partial charge in [0.1, 0.15) is 6.61 Å². The number of carbonyl (C=O) groups excluding carboxylic acids is 1. The molecule has 0 saturated heterocycles. The van der Waals surface area contributed by atoms with Crippen LogP contribution in [0.3, 0.4) is 0 Å². The minimum Gasteiger partial charge on any atom is -0.493 e. The van der Waals surface area contributed by atoms with Gasteiger partial charge in [0, 0.05) is 5.56 Å². The molecule has 8 nitrogen and oxygen atoms in total. The van der Waals surface area contributed by atoms with Gasteiger partial charge in [0.25, 0.3) is 0 Å². The van der Waals surface area contributed by atoms with E-state index in [1.807, 2.05) is 43.3 Å². The fourth-order valence-electron chi connectivity index (χ4n) is 3.05. The molecule has 0 saturated carbocycles. The normalized spacial score (nSPS) is 10.9. The number of aryl methyl sites for hydroxylation is 1. The Hall–Kier alpha value is -4.33. The van der Waals surface area contributed by atoms with E-state index in [9.17, 15) is 4.79 Å². The summed E-state index contributed by atoms with van der Waals surface area (Å²) in [5.74, 6) is 1.12. The molecule has 1 N–H and O–H groups in total. The number of hydrogen-bond acceptors (Lipinski definition) is 6. The predicted octanol–water partition coefficient (Wildman–Crippen LogP) is 3.41. The van der Waals surface area contributed by atoms with Crippen LogP contribution in [-0.4, -0.2) is 29.3 Å². The number of amides is 1. The van der Waals surface area contributed by atoms with Crippen LogP contribution in [0.1, 0.15) is 17.0 Å². The highest BCUT2D eigenvalue weighted by Gasteiger charge is 2.11. The summed E-state index contributed by atoms with van der Waals surface area (Å²) in [7, 11) is 1.57. The molecular weight excluding hydrogens is 406 g/mol. The summed E-state index contributed by atoms with van der Waals surface area (Å²) in [5, 5.41) is 4.00. The van der Waals surface area contributed by atoms with Crippen molar-refractivity contribution in [1.82, 2.24) is 15.4 Å². The number of pyridine rings is 1. The second kappa shape index (κ2) is 9.65. The molecule has 160 valence electrons. The van der Waals surface area contributed by atoms with Crippen molar-refractivity contribution in [2.75, 3.05) is 7.11 Å². The molecule has 0 bridgehead atoms. The number of hydrogen-bond donors (Lipinski definition) is 1. The van der Waals surface area contributed by atoms with Crippen LogP contribution >= 0.6 is 0 Å². The van der Waals surface area contributed by atoms with Gasteiger partial charge in [-0.3, -0.25) is 0 Å². The number of fused-ring (bicyclic) bond motifs is 1. The van der Waals surface area contributed by atoms with Gasteiger partial charge in [-0.1, -0.05) is 23.3 Å². The quantitative estimate of drug-likeness (QED) is 0.289. The average Bonchev–Trinajstić information content (AvgIpc) is 2.83. The van der Waals surface area contributed by atoms with Crippen molar-refractivity contribution in [1.29, 1.82) is 0 Å². The molecule has 0 aliphatic carbocycles. The van der Waals surface area contributed by atoms with Crippen LogP contribution in [0.25, 0.3) is 11.0 Å². The summed E-state index contributed by atoms with van der Waals surface area (Å²) in [6, 6.07) is 18.1. The first-order valence-corrected chi connectivity index (χ1v) is 9.97. The number of ether oxygens (including phenoxy) is 2. The molecule has 4 rings (SSSR count). The van der Waals surface area contributed by atoms with Gasteiger partial charge < -0.3 is 9.47 Å². The van der Waals surface area contributed by atoms with E-state index in [0.29, 0.717) is 11.5 Å². The molecule has 0 aliphatic rings. The highest BCUT2D eigenvalue weighted by Crippen LogP contribution is 2.28. The fourth-order valence-corrected chi connectivity index (χ4v) is 3.05. The Morgan fingerprint density at radius 3 is 2.53 bits per heavy atom. The number of methoxy groups -OCH3 is 1. The van der Waals surface area contributed by atoms with Gasteiger partial charge in [-0.25, -0.2) is 9.97 Å². The predicted molar refractivity (Wildman–Crippen MR) is 120 cm³/mol. The third-order valence-corrected chi connectivity index (χ3v) is 4.72. The summed E-state index contributed by atoms with van der Waals surface area (Å²) in [6.45, 7) is 2.18. The molecule has 32 heavy (non-hydrogen) atoms. The van der Waals surface area contributed by atoms with Crippen molar-refractivity contribution in [3.8, 4) is 11.5 Å². The van der Waals surface area contributed by atoms with Crippen molar-refractivity contribution >= 4 is 23.3 Å². The van der Waals surface area contributed by atoms with Crippen LogP contribution in [0, 0.1) is 6.92 Å². The van der Waals surface area contributed by atoms with E-state index in [1.165, 1.54) is 10.8 Å². The third-order valence-electron chi connectivity index (χ3n) is 4.72. The lowest BCUT2D eigenvalue weighted by atomic mass is 10.2. The molecule has 0 unspecified atom stereocenters. The molecule has 1 amide bonds. The number of nitrogens with zero attached hydrogens (tertiary/aromatic N) is 4. The smallest absolute Gasteiger partial charge is 0.493 e. The molecular formula is C24H22N5O3+. The maximum absolute atomic E-state index is 12.0. The van der Waals surface area contributed by atoms with Gasteiger partial charge >= 0.3 is 6.03 Å². The Morgan fingerprint density at radius 1 is 1.03 bits per heavy atom. The van der Waals surface area contributed by atoms with Crippen LogP contribution < -0.4 is 19.5 Å². The fraction of sp³-hybridized carbons (Fsp3) is 0.125. The van der Waals surface area contributed by atoms with E-state index in [0.717, 1.165) is 28.0 Å². The van der Waals surface area contributed by atoms with Crippen molar-refractivity contribution < 1.29 is 18.8 Å². The number of rotatable bonds is 6. The average molecular weight is 428 g/mol. The molecule has 0 atom stereocenters. The van der Waals surface area contributed by atoms with Gasteiger partial charge in [-0.2, -0.15) is 9.36 Å². The Kier molecular flexibility index (Phi) is 6.31. The number of benzene rings is 2. The topological polar surface area (TPSA) is 89.6 Å². The van der Waals surface area contributed by atoms with E-state index in [-0.39, 0.29) is 12.6 Å². The van der Waals surface area contributed by atoms with E-state index < -0.39 is 0 Å². The molecule has 4 aromatic rings. The first-order valence-electron chi connectivity index (χ1n) is 9.97. The lowest BCUT2D eigenvalue weighted by Crippen LogP contribution is -2.47. The molecule has 0 spiro atoms. The minimum absolute atomic E-state index is 0.262. The Balaban J connectivity index is 1.43. The zero-order chi connectivity index (χ0) is 22.3. The lowest BCUT2D eigenvalue weighted by Gasteiger charge is -2.12. The van der Waals surface area contributed by atoms with Gasteiger partial charge in [0.05, 0.1) is 48.1 Å². The van der Waals surface area contributed by atoms with E-state index in [1.54, 1.807) is 43.8 Å². The number of nitrogens with one attached hydrogen (secondary N) is 1. The molecule has 0 aliphatic heterocycles. The monoisotopic (exact) mass is 428 g/mol. The van der Waals surface area contributed by atoms with Gasteiger partial charge in [-0.05, 0) is 49.4 Å². The van der Waals surface area contributed by atoms with Crippen molar-refractivity contribution in [2.24, 2.45) is 5.10 Å². The van der Waals surface area contributed by atoms with Crippen LogP contribution in [0.2, 0.25) is 0 Å². The summed E-state index contributed by atoms with van der Waals surface area (Å²) in [5.41, 5.74) is 6.48. The molecule has 0 fully saturated rings. The summed E-state index contributed by atoms with van der Waals surface area (Å²) in [6.07, 6.45) is 4.82. The Labute approximate surface area is 185 Å². The van der Waals surface area contributed by atoms with Crippen molar-refractivity contribution in [2.45, 2.75) is 13.5 Å². The second-order valence-corrected chi connectivity index (χ2v) is 6.90. The second-order valence-electron chi connectivity index (χ2n) is 6.90. The molecule has 2 heterocycles. The van der Waals surface area contributed by atoms with E-state index in [2.05, 4.69) is 20.5 Å². The number of para-hydroxylation sites is 2. The van der Waals surface area contributed by atoms with Crippen LogP contribution in [0.5, 0.6) is 11.5 Å². The van der Waals surface area contributed by atoms with Gasteiger partial charge in [0.2, 0.25) is 0 Å². The number of hydrazone groups is 1. The summed E-state index contributed by atoms with van der Waals surface area (Å²) < 4.78 is 12.8. The van der Waals surface area contributed by atoms with E-state index in [4.69, 9.17) is 9.47 Å². The molecule has 2 aromatic heterocycles. The number of carbonyl (C=O) groups is 1. The Morgan fingerprint density at radius 2 is 1.78 bits per heavy atom. The number of aromatic nitrogens is 3. The van der Waals surface area contributed by atoms with Crippen LogP contribution in [0.4, 0.5) is 4.79 Å². The molecule has 2 aromatic carbocycles. The maximum atomic E-state index is 12.0. The zero-order valence-corrected chi connectivity index (χ0v) is 17.7. The third kappa shape index (κ3) is 4.86. The SMILES string of the molecule is COc1cc(/C=N\NC(=O)[n+]2ccccc2)ccc1OCc1nc2ccccc2nc1C. The summed E-state index contributed by atoms with van der Waals surface area (Å²) in [4.78, 5) is 21.3. The Bertz CT molecular complexity index is 1280. The maximum Gasteiger partial charge on any atom is 0.520 e. The highest BCUT2D eigenvalue weighted by atomic mass is 16.5. The lowest BCUT2D eigenvalue weighted by molar-refractivity contribution is -0.572. The first-order chi connectivity index (χ1) is 15.6. The zero-order valence-electron chi connectivity index (χ0n) is 17.7. The van der Waals surface area contributed by atoms with E-state index >= 15 is 0 Å². The summed E-state index contributed by atoms with van der Waals surface area (Å²) >= 11 is 0. The minimum atomic E-state index is -0.361. The first kappa shape index (κ1) is 20.9. The van der Waals surface area contributed by atoms with Gasteiger partial charge in [0.15, 0.2) is 11.5 Å². The van der Waals surface area contributed by atoms with Crippen LogP contribution in [0.15, 0.2) is 78.2 Å². The van der Waals surface area contributed by atoms with Crippen molar-refractivity contribution in [3.63, 3.8) is 0 Å². The standard InChI is InChI=1S/C24H21N5O3/c1-17-21(27-20-9-5-4-8-19(20)26-17)16-32-22-11-10-18(14-23(22)31-2)15-25-28-24(30)29-12-6-3-7-13-29/h3-15H,16H2,1-2H3/p+1/b25-15-. The molecule has 8 heteroatoms. The van der Waals surface area contributed by atoms with Crippen molar-refractivity contribution in [3.05, 3.63) is 90.0 Å². The van der Waals surface area contributed by atoms with Crippen LogP contribution in [-0.2, 0) is 6.61 Å². The molecule has 0 radical (unpaired) electrons. The largest absolute Gasteiger partial charge is 0.520 e.